The van der Waals surface area contributed by atoms with Crippen molar-refractivity contribution < 1.29 is 24.0 Å². The number of nitrogens with one attached hydrogen (secondary N) is 7. The molecule has 0 aliphatic heterocycles. The van der Waals surface area contributed by atoms with E-state index in [1.165, 1.54) is 19.8 Å². The number of carbonyl (C=O) groups excluding carboxylic acids is 5. The molecule has 0 bridgehead atoms. The molecule has 14 heteroatoms. The number of hydrogen-bond donors (Lipinski definition) is 9. The molecule has 0 fully saturated rings. The molecule has 0 saturated carbocycles. The van der Waals surface area contributed by atoms with E-state index >= 15 is 0 Å². The van der Waals surface area contributed by atoms with Gasteiger partial charge in [-0.3, -0.25) is 24.0 Å². The highest BCUT2D eigenvalue weighted by atomic mass is 16.2. The second-order valence-corrected chi connectivity index (χ2v) is 13.1. The third-order valence-corrected chi connectivity index (χ3v) is 8.65. The molecule has 4 amide bonds. The Labute approximate surface area is 303 Å². The van der Waals surface area contributed by atoms with Crippen molar-refractivity contribution >= 4 is 29.9 Å². The van der Waals surface area contributed by atoms with Crippen LogP contribution in [0.25, 0.3) is 0 Å². The number of rotatable bonds is 32. The Morgan fingerprint density at radius 3 is 1.70 bits per heavy atom. The number of ketones is 1. The SMILES string of the molecule is CCCCCC(NC)C(=O)NCCCC(CC(C)=O)NC(=O)C(CCCCNC=O)NC(=O)C(CCCCN)NC.CNC(C)CCCCN. The van der Waals surface area contributed by atoms with Crippen LogP contribution in [0.3, 0.4) is 0 Å². The fraction of sp³-hybridized carbons (Fsp3) is 0.861. The van der Waals surface area contributed by atoms with Crippen molar-refractivity contribution in [3.8, 4) is 0 Å². The van der Waals surface area contributed by atoms with Gasteiger partial charge >= 0.3 is 0 Å². The van der Waals surface area contributed by atoms with Crippen molar-refractivity contribution in [3.05, 3.63) is 0 Å². The van der Waals surface area contributed by atoms with E-state index in [-0.39, 0.29) is 36.0 Å². The fourth-order valence-electron chi connectivity index (χ4n) is 5.38. The maximum atomic E-state index is 13.3. The lowest BCUT2D eigenvalue weighted by molar-refractivity contribution is -0.131. The molecule has 0 aliphatic rings. The molecule has 14 nitrogen and oxygen atoms in total. The Hall–Kier alpha value is -2.65. The number of nitrogens with two attached hydrogens (primary N) is 2. The standard InChI is InChI=1S/C29H57N7O5.C7H18N2/c1-5-6-7-14-24(31-3)27(39)34-19-12-13-23(20-22(2)38)35-29(41)26(16-9-11-18-33-21-37)36-28(40)25(32-4)15-8-10-17-30;1-7(9-2)5-3-4-6-8/h21,23-26,31-32H,5-20,30H2,1-4H3,(H,33,37)(H,34,39)(H,35,41)(H,36,40);7,9H,3-6,8H2,1-2H3. The van der Waals surface area contributed by atoms with Crippen LogP contribution in [0.2, 0.25) is 0 Å². The molecule has 0 aromatic rings. The van der Waals surface area contributed by atoms with Gasteiger partial charge < -0.3 is 48.7 Å². The van der Waals surface area contributed by atoms with Crippen LogP contribution in [0.5, 0.6) is 0 Å². The van der Waals surface area contributed by atoms with Crippen molar-refractivity contribution in [1.82, 2.24) is 37.2 Å². The quantitative estimate of drug-likeness (QED) is 0.0360. The summed E-state index contributed by atoms with van der Waals surface area (Å²) < 4.78 is 0. The first-order valence-corrected chi connectivity index (χ1v) is 19.0. The van der Waals surface area contributed by atoms with Gasteiger partial charge in [-0.1, -0.05) is 39.0 Å². The molecule has 294 valence electrons. The van der Waals surface area contributed by atoms with Gasteiger partial charge in [0.2, 0.25) is 24.1 Å². The summed E-state index contributed by atoms with van der Waals surface area (Å²) in [5.41, 5.74) is 10.9. The second-order valence-electron chi connectivity index (χ2n) is 13.1. The third-order valence-electron chi connectivity index (χ3n) is 8.65. The Kier molecular flexibility index (Phi) is 34.4. The van der Waals surface area contributed by atoms with E-state index in [0.29, 0.717) is 70.6 Å². The number of Topliss-reactive ketones (excluding diaryl/α,β-unsaturated/α-hetero) is 1. The minimum atomic E-state index is -0.780. The molecule has 0 rings (SSSR count). The molecule has 0 aromatic heterocycles. The van der Waals surface area contributed by atoms with Gasteiger partial charge in [0.1, 0.15) is 11.8 Å². The zero-order valence-corrected chi connectivity index (χ0v) is 32.3. The molecule has 0 aromatic carbocycles. The van der Waals surface area contributed by atoms with Crippen LogP contribution < -0.4 is 48.7 Å². The summed E-state index contributed by atoms with van der Waals surface area (Å²) in [6.07, 6.45) is 13.3. The van der Waals surface area contributed by atoms with Gasteiger partial charge in [0.25, 0.3) is 0 Å². The summed E-state index contributed by atoms with van der Waals surface area (Å²) in [7, 11) is 5.48. The van der Waals surface area contributed by atoms with Crippen LogP contribution in [-0.2, 0) is 24.0 Å². The van der Waals surface area contributed by atoms with Crippen molar-refractivity contribution in [2.75, 3.05) is 47.3 Å². The molecule has 11 N–H and O–H groups in total. The number of unbranched alkanes of at least 4 members (excludes halogenated alkanes) is 5. The molecular weight excluding hydrogens is 638 g/mol. The molecule has 0 spiro atoms. The van der Waals surface area contributed by atoms with Crippen molar-refractivity contribution in [2.24, 2.45) is 11.5 Å². The molecule has 50 heavy (non-hydrogen) atoms. The average Bonchev–Trinajstić information content (AvgIpc) is 3.09. The van der Waals surface area contributed by atoms with Crippen molar-refractivity contribution in [1.29, 1.82) is 0 Å². The van der Waals surface area contributed by atoms with E-state index in [2.05, 4.69) is 51.1 Å². The Morgan fingerprint density at radius 1 is 0.620 bits per heavy atom. The summed E-state index contributed by atoms with van der Waals surface area (Å²) in [6.45, 7) is 8.09. The summed E-state index contributed by atoms with van der Waals surface area (Å²) in [6, 6.07) is -1.23. The summed E-state index contributed by atoms with van der Waals surface area (Å²) in [5.74, 6) is -0.714. The van der Waals surface area contributed by atoms with Crippen LogP contribution in [0.4, 0.5) is 0 Å². The average molecular weight is 714 g/mol. The van der Waals surface area contributed by atoms with Gasteiger partial charge in [-0.15, -0.1) is 0 Å². The monoisotopic (exact) mass is 714 g/mol. The molecule has 5 atom stereocenters. The number of likely N-dealkylation sites (N-methyl/N-ethyl adjacent to an activating group) is 2. The van der Waals surface area contributed by atoms with E-state index in [0.717, 1.165) is 51.5 Å². The maximum Gasteiger partial charge on any atom is 0.242 e. The molecule has 0 aliphatic carbocycles. The first-order chi connectivity index (χ1) is 24.0. The van der Waals surface area contributed by atoms with Crippen LogP contribution in [0, 0.1) is 0 Å². The molecule has 0 heterocycles. The Bertz CT molecular complexity index is 881. The van der Waals surface area contributed by atoms with E-state index in [1.807, 2.05) is 7.05 Å². The van der Waals surface area contributed by atoms with Gasteiger partial charge in [0.15, 0.2) is 0 Å². The third kappa shape index (κ3) is 28.1. The number of carbonyl (C=O) groups is 5. The summed E-state index contributed by atoms with van der Waals surface area (Å²) in [5, 5.41) is 20.7. The summed E-state index contributed by atoms with van der Waals surface area (Å²) >= 11 is 0. The molecular formula is C36H75N9O5. The minimum absolute atomic E-state index is 0.0480. The normalized spacial score (nSPS) is 13.8. The van der Waals surface area contributed by atoms with Gasteiger partial charge in [-0.05, 0) is 112 Å². The van der Waals surface area contributed by atoms with E-state index in [9.17, 15) is 24.0 Å². The zero-order valence-electron chi connectivity index (χ0n) is 32.3. The van der Waals surface area contributed by atoms with Crippen LogP contribution in [0.1, 0.15) is 124 Å². The van der Waals surface area contributed by atoms with E-state index < -0.39 is 18.1 Å². The van der Waals surface area contributed by atoms with Crippen molar-refractivity contribution in [2.45, 2.75) is 154 Å². The Balaban J connectivity index is 0. The summed E-state index contributed by atoms with van der Waals surface area (Å²) in [4.78, 5) is 61.3. The lowest BCUT2D eigenvalue weighted by atomic mass is 10.0. The molecule has 0 radical (unpaired) electrons. The molecule has 0 saturated heterocycles. The van der Waals surface area contributed by atoms with Crippen LogP contribution in [0.15, 0.2) is 0 Å². The highest BCUT2D eigenvalue weighted by Gasteiger charge is 2.26. The number of hydrogen-bond acceptors (Lipinski definition) is 10. The zero-order chi connectivity index (χ0) is 38.0. The lowest BCUT2D eigenvalue weighted by Crippen LogP contribution is -2.54. The van der Waals surface area contributed by atoms with Gasteiger partial charge in [-0.25, -0.2) is 0 Å². The highest BCUT2D eigenvalue weighted by molar-refractivity contribution is 5.90. The topological polar surface area (TPSA) is 222 Å². The first-order valence-electron chi connectivity index (χ1n) is 19.0. The Morgan fingerprint density at radius 2 is 1.16 bits per heavy atom. The smallest absolute Gasteiger partial charge is 0.242 e. The van der Waals surface area contributed by atoms with E-state index in [1.54, 1.807) is 14.1 Å². The van der Waals surface area contributed by atoms with Crippen molar-refractivity contribution in [3.63, 3.8) is 0 Å². The van der Waals surface area contributed by atoms with Gasteiger partial charge in [0, 0.05) is 31.6 Å². The first kappa shape index (κ1) is 49.5. The predicted octanol–water partition coefficient (Wildman–Crippen LogP) is 1.36. The highest BCUT2D eigenvalue weighted by Crippen LogP contribution is 2.09. The largest absolute Gasteiger partial charge is 0.359 e. The second kappa shape index (κ2) is 34.8. The lowest BCUT2D eigenvalue weighted by Gasteiger charge is -2.25. The maximum absolute atomic E-state index is 13.3. The van der Waals surface area contributed by atoms with E-state index in [4.69, 9.17) is 11.5 Å². The minimum Gasteiger partial charge on any atom is -0.359 e. The van der Waals surface area contributed by atoms with Crippen LogP contribution >= 0.6 is 0 Å². The van der Waals surface area contributed by atoms with Crippen LogP contribution in [-0.4, -0.2) is 107 Å². The fourth-order valence-corrected chi connectivity index (χ4v) is 5.38. The predicted molar refractivity (Wildman–Crippen MR) is 203 cm³/mol. The molecule has 5 unspecified atom stereocenters. The van der Waals surface area contributed by atoms with Gasteiger partial charge in [0.05, 0.1) is 12.1 Å². The number of amides is 4. The van der Waals surface area contributed by atoms with Gasteiger partial charge in [-0.2, -0.15) is 0 Å².